The van der Waals surface area contributed by atoms with Crippen LogP contribution in [0.1, 0.15) is 43.0 Å². The molecule has 1 aliphatic heterocycles. The fourth-order valence-electron chi connectivity index (χ4n) is 5.26. The van der Waals surface area contributed by atoms with Crippen molar-refractivity contribution in [2.24, 2.45) is 5.41 Å². The number of alkyl halides is 1. The average Bonchev–Trinajstić information content (AvgIpc) is 2.96. The van der Waals surface area contributed by atoms with Crippen molar-refractivity contribution in [1.29, 1.82) is 0 Å². The molecule has 2 heterocycles. The number of thioether (sulfide) groups is 1. The van der Waals surface area contributed by atoms with E-state index in [-0.39, 0.29) is 17.7 Å². The van der Waals surface area contributed by atoms with E-state index < -0.39 is 41.6 Å². The number of amides is 1. The van der Waals surface area contributed by atoms with Crippen LogP contribution in [-0.4, -0.2) is 58.6 Å². The van der Waals surface area contributed by atoms with E-state index in [1.165, 1.54) is 13.3 Å². The number of hydrogen-bond donors (Lipinski definition) is 3. The second-order valence-electron chi connectivity index (χ2n) is 9.85. The smallest absolute Gasteiger partial charge is 0.249 e. The molecule has 1 fully saturated rings. The minimum absolute atomic E-state index is 0.0320. The molecule has 2 aromatic carbocycles. The molecule has 3 aromatic rings. The number of rotatable bonds is 11. The largest absolute Gasteiger partial charge is 0.497 e. The summed E-state index contributed by atoms with van der Waals surface area (Å²) in [6.45, 7) is 0.970. The Morgan fingerprint density at radius 1 is 1.20 bits per heavy atom. The van der Waals surface area contributed by atoms with Crippen molar-refractivity contribution in [3.05, 3.63) is 65.1 Å². The third-order valence-corrected chi connectivity index (χ3v) is 8.64. The lowest BCUT2D eigenvalue weighted by Crippen LogP contribution is -2.48. The highest BCUT2D eigenvalue weighted by molar-refractivity contribution is 7.99. The van der Waals surface area contributed by atoms with Crippen LogP contribution in [0.25, 0.3) is 10.9 Å². The summed E-state index contributed by atoms with van der Waals surface area (Å²) in [5.41, 5.74) is 1.90. The molecule has 0 bridgehead atoms. The fourth-order valence-corrected chi connectivity index (χ4v) is 6.21. The van der Waals surface area contributed by atoms with Crippen LogP contribution in [0.3, 0.4) is 0 Å². The monoisotopic (exact) mass is 581 g/mol. The van der Waals surface area contributed by atoms with E-state index in [1.54, 1.807) is 23.7 Å². The van der Waals surface area contributed by atoms with Crippen molar-refractivity contribution in [2.75, 3.05) is 32.5 Å². The van der Waals surface area contributed by atoms with Crippen molar-refractivity contribution in [3.63, 3.8) is 0 Å². The Morgan fingerprint density at radius 3 is 2.52 bits per heavy atom. The predicted molar refractivity (Wildman–Crippen MR) is 142 cm³/mol. The van der Waals surface area contributed by atoms with Gasteiger partial charge in [-0.2, -0.15) is 0 Å². The Labute approximate surface area is 233 Å². The number of aliphatic hydroxyl groups excluding tert-OH is 1. The first-order chi connectivity index (χ1) is 19.2. The maximum atomic E-state index is 15.9. The number of nitrogens with one attached hydrogen (secondary N) is 1. The maximum Gasteiger partial charge on any atom is 0.249 e. The van der Waals surface area contributed by atoms with Crippen molar-refractivity contribution in [1.82, 2.24) is 15.4 Å². The van der Waals surface area contributed by atoms with Gasteiger partial charge in [-0.15, -0.1) is 11.8 Å². The number of pyridine rings is 1. The van der Waals surface area contributed by atoms with Crippen LogP contribution in [0.15, 0.2) is 41.4 Å². The molecule has 4 rings (SSSR count). The highest BCUT2D eigenvalue weighted by Gasteiger charge is 2.41. The Balaban J connectivity index is 1.42. The van der Waals surface area contributed by atoms with E-state index in [0.29, 0.717) is 78.1 Å². The van der Waals surface area contributed by atoms with Crippen molar-refractivity contribution >= 4 is 28.6 Å². The molecule has 1 unspecified atom stereocenters. The molecule has 1 atom stereocenters. The summed E-state index contributed by atoms with van der Waals surface area (Å²) in [6, 6.07) is 6.37. The van der Waals surface area contributed by atoms with E-state index in [9.17, 15) is 28.3 Å². The minimum atomic E-state index is -1.52. The minimum Gasteiger partial charge on any atom is -0.497 e. The van der Waals surface area contributed by atoms with Crippen LogP contribution in [0.5, 0.6) is 5.75 Å². The summed E-state index contributed by atoms with van der Waals surface area (Å²) < 4.78 is 62.1. The van der Waals surface area contributed by atoms with Crippen molar-refractivity contribution in [2.45, 2.75) is 43.4 Å². The number of aliphatic hydroxyl groups is 1. The molecule has 1 saturated heterocycles. The van der Waals surface area contributed by atoms with Gasteiger partial charge in [0, 0.05) is 47.1 Å². The topological polar surface area (TPSA) is 94.9 Å². The predicted octanol–water partition coefficient (Wildman–Crippen LogP) is 5.32. The van der Waals surface area contributed by atoms with Gasteiger partial charge in [-0.3, -0.25) is 15.0 Å². The highest BCUT2D eigenvalue weighted by Crippen LogP contribution is 2.41. The van der Waals surface area contributed by atoms with Crippen molar-refractivity contribution < 1.29 is 37.4 Å². The molecular weight excluding hydrogens is 550 g/mol. The van der Waals surface area contributed by atoms with Gasteiger partial charge in [-0.1, -0.05) is 0 Å². The molecule has 7 nitrogen and oxygen atoms in total. The van der Waals surface area contributed by atoms with Crippen LogP contribution in [-0.2, 0) is 11.4 Å². The molecule has 216 valence electrons. The van der Waals surface area contributed by atoms with Crippen LogP contribution in [0, 0.1) is 22.9 Å². The Kier molecular flexibility index (Phi) is 9.88. The number of piperidine rings is 1. The molecule has 1 aromatic heterocycles. The SMILES string of the molecule is COc1ccc2ncc(CO)c(C(F)CCC3(C(=O)NO)CCN(CCSc4c(F)cc(F)cc4F)CC3)c2c1. The highest BCUT2D eigenvalue weighted by atomic mass is 32.2. The molecule has 0 radical (unpaired) electrons. The number of likely N-dealkylation sites (tertiary alicyclic amines) is 1. The van der Waals surface area contributed by atoms with Crippen LogP contribution in [0.2, 0.25) is 0 Å². The zero-order valence-corrected chi connectivity index (χ0v) is 22.7. The first-order valence-electron chi connectivity index (χ1n) is 12.9. The molecule has 3 N–H and O–H groups in total. The van der Waals surface area contributed by atoms with Crippen LogP contribution >= 0.6 is 11.8 Å². The number of benzene rings is 2. The number of carbonyl (C=O) groups is 1. The Bertz CT molecular complexity index is 1330. The number of carbonyl (C=O) groups excluding carboxylic acids is 1. The van der Waals surface area contributed by atoms with Crippen molar-refractivity contribution in [3.8, 4) is 5.75 Å². The quantitative estimate of drug-likeness (QED) is 0.122. The summed E-state index contributed by atoms with van der Waals surface area (Å²) in [5, 5.41) is 19.8. The van der Waals surface area contributed by atoms with Gasteiger partial charge in [0.05, 0.1) is 29.5 Å². The van der Waals surface area contributed by atoms with Crippen LogP contribution < -0.4 is 10.2 Å². The van der Waals surface area contributed by atoms with Gasteiger partial charge in [-0.05, 0) is 57.0 Å². The van der Waals surface area contributed by atoms with E-state index >= 15 is 4.39 Å². The van der Waals surface area contributed by atoms with Gasteiger partial charge < -0.3 is 14.7 Å². The first-order valence-corrected chi connectivity index (χ1v) is 13.8. The van der Waals surface area contributed by atoms with Crippen LogP contribution in [0.4, 0.5) is 17.6 Å². The zero-order valence-electron chi connectivity index (χ0n) is 21.9. The number of fused-ring (bicyclic) bond motifs is 1. The van der Waals surface area contributed by atoms with E-state index in [4.69, 9.17) is 4.74 Å². The number of methoxy groups -OCH3 is 1. The maximum absolute atomic E-state index is 15.9. The number of hydrogen-bond acceptors (Lipinski definition) is 7. The van der Waals surface area contributed by atoms with Gasteiger partial charge in [0.2, 0.25) is 5.91 Å². The lowest BCUT2D eigenvalue weighted by Gasteiger charge is -2.40. The van der Waals surface area contributed by atoms with E-state index in [1.807, 2.05) is 4.90 Å². The lowest BCUT2D eigenvalue weighted by molar-refractivity contribution is -0.143. The van der Waals surface area contributed by atoms with E-state index in [2.05, 4.69) is 4.98 Å². The standard InChI is InChI=1S/C28H31F4N3O4S/c1-39-19-2-3-24-20(14-19)25(17(16-36)15-33-24)21(30)4-5-28(27(37)34-38)6-8-35(9-7-28)10-11-40-26-22(31)12-18(29)13-23(26)32/h2-3,12-15,21,36,38H,4-11,16H2,1H3,(H,34,37). The summed E-state index contributed by atoms with van der Waals surface area (Å²) >= 11 is 0.944. The molecule has 0 saturated carbocycles. The summed E-state index contributed by atoms with van der Waals surface area (Å²) in [5.74, 6) is -2.62. The normalized spacial score (nSPS) is 16.2. The third-order valence-electron chi connectivity index (χ3n) is 7.57. The van der Waals surface area contributed by atoms with Gasteiger partial charge in [0.25, 0.3) is 0 Å². The number of hydroxylamine groups is 1. The fraction of sp³-hybridized carbons (Fsp3) is 0.429. The van der Waals surface area contributed by atoms with Gasteiger partial charge in [0.1, 0.15) is 29.4 Å². The Hall–Kier alpha value is -2.93. The third kappa shape index (κ3) is 6.51. The molecular formula is C28H31F4N3O4S. The van der Waals surface area contributed by atoms with Gasteiger partial charge in [-0.25, -0.2) is 23.0 Å². The molecule has 0 spiro atoms. The second-order valence-corrected chi connectivity index (χ2v) is 11.0. The second kappa shape index (κ2) is 13.2. The number of halogens is 4. The summed E-state index contributed by atoms with van der Waals surface area (Å²) in [4.78, 5) is 18.9. The number of nitrogens with zero attached hydrogens (tertiary/aromatic N) is 2. The van der Waals surface area contributed by atoms with E-state index in [0.717, 1.165) is 11.8 Å². The van der Waals surface area contributed by atoms with Gasteiger partial charge in [0.15, 0.2) is 0 Å². The average molecular weight is 582 g/mol. The van der Waals surface area contributed by atoms with Gasteiger partial charge >= 0.3 is 0 Å². The molecule has 40 heavy (non-hydrogen) atoms. The Morgan fingerprint density at radius 2 is 1.90 bits per heavy atom. The molecule has 1 aliphatic rings. The summed E-state index contributed by atoms with van der Waals surface area (Å²) in [6.07, 6.45) is 0.719. The summed E-state index contributed by atoms with van der Waals surface area (Å²) in [7, 11) is 1.50. The number of ether oxygens (including phenoxy) is 1. The molecule has 12 heteroatoms. The first kappa shape index (κ1) is 30.0. The number of aromatic nitrogens is 1. The lowest BCUT2D eigenvalue weighted by atomic mass is 9.73. The molecule has 1 amide bonds. The molecule has 0 aliphatic carbocycles. The zero-order chi connectivity index (χ0) is 28.9.